The molecule has 0 aliphatic rings. The van der Waals surface area contributed by atoms with E-state index in [0.717, 1.165) is 24.5 Å². The third-order valence-electron chi connectivity index (χ3n) is 2.38. The molecule has 0 radical (unpaired) electrons. The Labute approximate surface area is 109 Å². The van der Waals surface area contributed by atoms with Crippen LogP contribution in [0.25, 0.3) is 0 Å². The first-order valence-electron chi connectivity index (χ1n) is 6.48. The quantitative estimate of drug-likeness (QED) is 0.709. The van der Waals surface area contributed by atoms with E-state index in [1.165, 1.54) is 0 Å². The van der Waals surface area contributed by atoms with Gasteiger partial charge in [0.1, 0.15) is 5.75 Å². The van der Waals surface area contributed by atoms with Crippen LogP contribution < -0.4 is 10.1 Å². The van der Waals surface area contributed by atoms with Gasteiger partial charge >= 0.3 is 0 Å². The fraction of sp³-hybridized carbons (Fsp3) is 0.571. The molecule has 0 spiro atoms. The molecule has 4 nitrogen and oxygen atoms in total. The van der Waals surface area contributed by atoms with Gasteiger partial charge in [-0.15, -0.1) is 0 Å². The minimum absolute atomic E-state index is 0.362. The molecule has 0 aromatic heterocycles. The van der Waals surface area contributed by atoms with Crippen LogP contribution >= 0.6 is 0 Å². The van der Waals surface area contributed by atoms with Gasteiger partial charge in [-0.2, -0.15) is 0 Å². The Hall–Kier alpha value is -1.26. The standard InChI is InChI=1S/C14H23NO3/c1-3-9-18-14-7-5-12(6-8-14)15-10-13(16)11-17-4-2/h5-8,13,15-16H,3-4,9-11H2,1-2H3. The molecule has 1 aromatic carbocycles. The highest BCUT2D eigenvalue weighted by molar-refractivity contribution is 5.46. The maximum atomic E-state index is 9.60. The summed E-state index contributed by atoms with van der Waals surface area (Å²) >= 11 is 0. The first-order chi connectivity index (χ1) is 8.76. The normalized spacial score (nSPS) is 12.2. The van der Waals surface area contributed by atoms with E-state index in [0.29, 0.717) is 19.8 Å². The average Bonchev–Trinajstić information content (AvgIpc) is 2.41. The van der Waals surface area contributed by atoms with Gasteiger partial charge in [0.2, 0.25) is 0 Å². The summed E-state index contributed by atoms with van der Waals surface area (Å²) in [6.45, 7) is 6.20. The minimum Gasteiger partial charge on any atom is -0.494 e. The first kappa shape index (κ1) is 14.8. The van der Waals surface area contributed by atoms with Gasteiger partial charge in [-0.25, -0.2) is 0 Å². The molecule has 0 heterocycles. The van der Waals surface area contributed by atoms with Crippen LogP contribution in [0.5, 0.6) is 5.75 Å². The van der Waals surface area contributed by atoms with Crippen molar-refractivity contribution < 1.29 is 14.6 Å². The van der Waals surface area contributed by atoms with Gasteiger partial charge in [0.05, 0.1) is 19.3 Å². The van der Waals surface area contributed by atoms with E-state index in [9.17, 15) is 5.11 Å². The molecular formula is C14H23NO3. The van der Waals surface area contributed by atoms with E-state index in [2.05, 4.69) is 12.2 Å². The van der Waals surface area contributed by atoms with Crippen LogP contribution in [0.3, 0.4) is 0 Å². The second kappa shape index (κ2) is 8.78. The van der Waals surface area contributed by atoms with Crippen molar-refractivity contribution in [2.45, 2.75) is 26.4 Å². The molecule has 0 fully saturated rings. The zero-order valence-electron chi connectivity index (χ0n) is 11.2. The Balaban J connectivity index is 2.30. The molecule has 18 heavy (non-hydrogen) atoms. The SMILES string of the molecule is CCCOc1ccc(NCC(O)COCC)cc1. The summed E-state index contributed by atoms with van der Waals surface area (Å²) in [4.78, 5) is 0. The van der Waals surface area contributed by atoms with Gasteiger partial charge in [0.15, 0.2) is 0 Å². The monoisotopic (exact) mass is 253 g/mol. The zero-order chi connectivity index (χ0) is 13.2. The molecule has 0 saturated heterocycles. The number of benzene rings is 1. The minimum atomic E-state index is -0.485. The number of rotatable bonds is 9. The zero-order valence-corrected chi connectivity index (χ0v) is 11.2. The molecule has 0 aliphatic heterocycles. The number of aliphatic hydroxyl groups excluding tert-OH is 1. The Bertz CT molecular complexity index is 313. The van der Waals surface area contributed by atoms with E-state index in [1.54, 1.807) is 0 Å². The van der Waals surface area contributed by atoms with E-state index in [-0.39, 0.29) is 0 Å². The number of hydrogen-bond acceptors (Lipinski definition) is 4. The maximum Gasteiger partial charge on any atom is 0.119 e. The Morgan fingerprint density at radius 1 is 1.22 bits per heavy atom. The topological polar surface area (TPSA) is 50.7 Å². The summed E-state index contributed by atoms with van der Waals surface area (Å²) in [6.07, 6.45) is 0.518. The molecule has 4 heteroatoms. The lowest BCUT2D eigenvalue weighted by atomic mass is 10.3. The lowest BCUT2D eigenvalue weighted by molar-refractivity contribution is 0.0496. The molecule has 0 bridgehead atoms. The number of ether oxygens (including phenoxy) is 2. The molecule has 1 unspecified atom stereocenters. The molecule has 2 N–H and O–H groups in total. The third-order valence-corrected chi connectivity index (χ3v) is 2.38. The number of nitrogens with one attached hydrogen (secondary N) is 1. The van der Waals surface area contributed by atoms with Crippen molar-refractivity contribution in [2.75, 3.05) is 31.7 Å². The van der Waals surface area contributed by atoms with E-state index in [4.69, 9.17) is 9.47 Å². The lowest BCUT2D eigenvalue weighted by Gasteiger charge is -2.13. The van der Waals surface area contributed by atoms with E-state index < -0.39 is 6.10 Å². The van der Waals surface area contributed by atoms with Gasteiger partial charge in [0.25, 0.3) is 0 Å². The van der Waals surface area contributed by atoms with Crippen molar-refractivity contribution in [3.8, 4) is 5.75 Å². The van der Waals surface area contributed by atoms with Crippen LogP contribution in [0.4, 0.5) is 5.69 Å². The molecule has 1 aromatic rings. The molecule has 0 aliphatic carbocycles. The van der Waals surface area contributed by atoms with Crippen molar-refractivity contribution in [1.82, 2.24) is 0 Å². The van der Waals surface area contributed by atoms with Crippen molar-refractivity contribution >= 4 is 5.69 Å². The Kier molecular flexibility index (Phi) is 7.22. The highest BCUT2D eigenvalue weighted by atomic mass is 16.5. The van der Waals surface area contributed by atoms with E-state index >= 15 is 0 Å². The van der Waals surface area contributed by atoms with Crippen LogP contribution in [0, 0.1) is 0 Å². The molecule has 0 amide bonds. The van der Waals surface area contributed by atoms with Crippen LogP contribution in [-0.4, -0.2) is 37.6 Å². The molecule has 102 valence electrons. The van der Waals surface area contributed by atoms with Crippen molar-refractivity contribution in [3.63, 3.8) is 0 Å². The Morgan fingerprint density at radius 3 is 2.56 bits per heavy atom. The molecule has 1 rings (SSSR count). The summed E-state index contributed by atoms with van der Waals surface area (Å²) in [5.41, 5.74) is 0.967. The van der Waals surface area contributed by atoms with Crippen molar-refractivity contribution in [1.29, 1.82) is 0 Å². The molecule has 0 saturated carbocycles. The Morgan fingerprint density at radius 2 is 1.94 bits per heavy atom. The summed E-state index contributed by atoms with van der Waals surface area (Å²) < 4.78 is 10.6. The fourth-order valence-corrected chi connectivity index (χ4v) is 1.44. The van der Waals surface area contributed by atoms with Crippen molar-refractivity contribution in [3.05, 3.63) is 24.3 Å². The maximum absolute atomic E-state index is 9.60. The fourth-order valence-electron chi connectivity index (χ4n) is 1.44. The summed E-state index contributed by atoms with van der Waals surface area (Å²) in [5, 5.41) is 12.8. The summed E-state index contributed by atoms with van der Waals surface area (Å²) in [7, 11) is 0. The largest absolute Gasteiger partial charge is 0.494 e. The van der Waals surface area contributed by atoms with Crippen LogP contribution in [0.1, 0.15) is 20.3 Å². The van der Waals surface area contributed by atoms with Crippen LogP contribution in [0.15, 0.2) is 24.3 Å². The van der Waals surface area contributed by atoms with Crippen LogP contribution in [-0.2, 0) is 4.74 Å². The second-order valence-electron chi connectivity index (χ2n) is 4.07. The first-order valence-corrected chi connectivity index (χ1v) is 6.48. The second-order valence-corrected chi connectivity index (χ2v) is 4.07. The third kappa shape index (κ3) is 5.89. The number of anilines is 1. The highest BCUT2D eigenvalue weighted by Gasteiger charge is 2.03. The van der Waals surface area contributed by atoms with Crippen molar-refractivity contribution in [2.24, 2.45) is 0 Å². The highest BCUT2D eigenvalue weighted by Crippen LogP contribution is 2.15. The van der Waals surface area contributed by atoms with Gasteiger partial charge in [-0.3, -0.25) is 0 Å². The van der Waals surface area contributed by atoms with Gasteiger partial charge < -0.3 is 19.9 Å². The predicted octanol–water partition coefficient (Wildman–Crippen LogP) is 2.28. The summed E-state index contributed by atoms with van der Waals surface area (Å²) in [6, 6.07) is 7.73. The van der Waals surface area contributed by atoms with Crippen LogP contribution in [0.2, 0.25) is 0 Å². The van der Waals surface area contributed by atoms with E-state index in [1.807, 2.05) is 31.2 Å². The number of hydrogen-bond donors (Lipinski definition) is 2. The smallest absolute Gasteiger partial charge is 0.119 e. The number of aliphatic hydroxyl groups is 1. The molecular weight excluding hydrogens is 230 g/mol. The van der Waals surface area contributed by atoms with Gasteiger partial charge in [-0.1, -0.05) is 6.92 Å². The predicted molar refractivity (Wildman–Crippen MR) is 73.2 cm³/mol. The average molecular weight is 253 g/mol. The summed E-state index contributed by atoms with van der Waals surface area (Å²) in [5.74, 6) is 0.872. The van der Waals surface area contributed by atoms with Gasteiger partial charge in [-0.05, 0) is 37.6 Å². The lowest BCUT2D eigenvalue weighted by Crippen LogP contribution is -2.24. The molecule has 1 atom stereocenters. The van der Waals surface area contributed by atoms with Gasteiger partial charge in [0, 0.05) is 18.8 Å².